The zero-order valence-corrected chi connectivity index (χ0v) is 11.2. The molecule has 0 aromatic heterocycles. The van der Waals surface area contributed by atoms with Crippen molar-refractivity contribution in [1.29, 1.82) is 0 Å². The zero-order chi connectivity index (χ0) is 13.1. The standard InChI is InChI=1S/C18H18O/c1-2-19-18-9-7-14(8-10-18)11-15-12-16-5-3-4-6-17(16)13-15/h3-10,12H,2,11,13H2,1H3. The molecule has 0 aliphatic heterocycles. The van der Waals surface area contributed by atoms with E-state index in [2.05, 4.69) is 54.6 Å². The van der Waals surface area contributed by atoms with Crippen molar-refractivity contribution in [1.82, 2.24) is 0 Å². The van der Waals surface area contributed by atoms with Gasteiger partial charge in [-0.15, -0.1) is 0 Å². The first-order valence-corrected chi connectivity index (χ1v) is 6.84. The number of allylic oxidation sites excluding steroid dienone is 1. The fourth-order valence-electron chi connectivity index (χ4n) is 2.60. The van der Waals surface area contributed by atoms with Gasteiger partial charge in [0.25, 0.3) is 0 Å². The second-order valence-electron chi connectivity index (χ2n) is 4.93. The maximum Gasteiger partial charge on any atom is 0.119 e. The minimum atomic E-state index is 0.722. The van der Waals surface area contributed by atoms with Crippen molar-refractivity contribution in [3.8, 4) is 5.75 Å². The third-order valence-electron chi connectivity index (χ3n) is 3.50. The van der Waals surface area contributed by atoms with Crippen LogP contribution in [-0.2, 0) is 12.8 Å². The van der Waals surface area contributed by atoms with E-state index in [4.69, 9.17) is 4.74 Å². The van der Waals surface area contributed by atoms with Crippen molar-refractivity contribution in [2.45, 2.75) is 19.8 Å². The summed E-state index contributed by atoms with van der Waals surface area (Å²) in [6.07, 6.45) is 4.44. The molecule has 96 valence electrons. The molecule has 0 N–H and O–H groups in total. The Morgan fingerprint density at radius 3 is 2.53 bits per heavy atom. The van der Waals surface area contributed by atoms with Crippen LogP contribution in [0.5, 0.6) is 5.75 Å². The molecule has 1 heteroatoms. The summed E-state index contributed by atoms with van der Waals surface area (Å²) in [6, 6.07) is 17.1. The summed E-state index contributed by atoms with van der Waals surface area (Å²) in [5.74, 6) is 0.954. The van der Waals surface area contributed by atoms with Crippen molar-refractivity contribution >= 4 is 6.08 Å². The summed E-state index contributed by atoms with van der Waals surface area (Å²) >= 11 is 0. The lowest BCUT2D eigenvalue weighted by atomic mass is 10.0. The third kappa shape index (κ3) is 2.70. The van der Waals surface area contributed by atoms with Crippen LogP contribution in [0.2, 0.25) is 0 Å². The van der Waals surface area contributed by atoms with Gasteiger partial charge in [0.2, 0.25) is 0 Å². The zero-order valence-electron chi connectivity index (χ0n) is 11.2. The minimum absolute atomic E-state index is 0.722. The van der Waals surface area contributed by atoms with E-state index in [0.29, 0.717) is 0 Å². The topological polar surface area (TPSA) is 9.23 Å². The molecule has 0 saturated heterocycles. The van der Waals surface area contributed by atoms with E-state index in [0.717, 1.165) is 25.2 Å². The maximum absolute atomic E-state index is 5.47. The predicted octanol–water partition coefficient (Wildman–Crippen LogP) is 4.27. The minimum Gasteiger partial charge on any atom is -0.494 e. The van der Waals surface area contributed by atoms with Crippen LogP contribution < -0.4 is 4.74 Å². The monoisotopic (exact) mass is 250 g/mol. The van der Waals surface area contributed by atoms with Gasteiger partial charge in [0.1, 0.15) is 5.75 Å². The average molecular weight is 250 g/mol. The number of rotatable bonds is 4. The Kier molecular flexibility index (Phi) is 3.37. The first kappa shape index (κ1) is 12.0. The molecule has 0 fully saturated rings. The van der Waals surface area contributed by atoms with Gasteiger partial charge in [0, 0.05) is 0 Å². The average Bonchev–Trinajstić information content (AvgIpc) is 2.83. The molecule has 2 aromatic carbocycles. The molecule has 0 saturated carbocycles. The van der Waals surface area contributed by atoms with Crippen molar-refractivity contribution in [2.75, 3.05) is 6.61 Å². The molecule has 1 nitrogen and oxygen atoms in total. The van der Waals surface area contributed by atoms with Gasteiger partial charge in [0.15, 0.2) is 0 Å². The first-order valence-electron chi connectivity index (χ1n) is 6.84. The molecule has 0 unspecified atom stereocenters. The van der Waals surface area contributed by atoms with E-state index in [1.165, 1.54) is 22.3 Å². The van der Waals surface area contributed by atoms with Crippen LogP contribution in [0.3, 0.4) is 0 Å². The highest BCUT2D eigenvalue weighted by Crippen LogP contribution is 2.27. The molecule has 0 spiro atoms. The van der Waals surface area contributed by atoms with Crippen LogP contribution in [0.1, 0.15) is 23.6 Å². The van der Waals surface area contributed by atoms with E-state index in [1.807, 2.05) is 6.92 Å². The Bertz CT molecular complexity index is 593. The van der Waals surface area contributed by atoms with E-state index in [1.54, 1.807) is 0 Å². The van der Waals surface area contributed by atoms with Gasteiger partial charge in [-0.2, -0.15) is 0 Å². The molecular formula is C18H18O. The largest absolute Gasteiger partial charge is 0.494 e. The number of hydrogen-bond donors (Lipinski definition) is 0. The SMILES string of the molecule is CCOc1ccc(CC2=Cc3ccccc3C2)cc1. The smallest absolute Gasteiger partial charge is 0.119 e. The Morgan fingerprint density at radius 2 is 1.79 bits per heavy atom. The molecule has 0 atom stereocenters. The van der Waals surface area contributed by atoms with E-state index in [9.17, 15) is 0 Å². The third-order valence-corrected chi connectivity index (χ3v) is 3.50. The lowest BCUT2D eigenvalue weighted by Gasteiger charge is -2.05. The lowest BCUT2D eigenvalue weighted by molar-refractivity contribution is 0.340. The van der Waals surface area contributed by atoms with Crippen LogP contribution in [0.25, 0.3) is 6.08 Å². The van der Waals surface area contributed by atoms with Gasteiger partial charge >= 0.3 is 0 Å². The number of ether oxygens (including phenoxy) is 1. The fraction of sp³-hybridized carbons (Fsp3) is 0.222. The van der Waals surface area contributed by atoms with Crippen LogP contribution in [-0.4, -0.2) is 6.61 Å². The van der Waals surface area contributed by atoms with Crippen LogP contribution in [0, 0.1) is 0 Å². The summed E-state index contributed by atoms with van der Waals surface area (Å²) in [4.78, 5) is 0. The van der Waals surface area contributed by atoms with E-state index in [-0.39, 0.29) is 0 Å². The summed E-state index contributed by atoms with van der Waals surface area (Å²) in [7, 11) is 0. The van der Waals surface area contributed by atoms with Gasteiger partial charge in [-0.05, 0) is 48.6 Å². The van der Waals surface area contributed by atoms with Crippen molar-refractivity contribution in [3.05, 3.63) is 70.8 Å². The number of fused-ring (bicyclic) bond motifs is 1. The Hall–Kier alpha value is -2.02. The predicted molar refractivity (Wildman–Crippen MR) is 79.4 cm³/mol. The van der Waals surface area contributed by atoms with Gasteiger partial charge in [-0.1, -0.05) is 48.0 Å². The maximum atomic E-state index is 5.47. The molecule has 1 aliphatic rings. The molecule has 0 heterocycles. The highest BCUT2D eigenvalue weighted by atomic mass is 16.5. The highest BCUT2D eigenvalue weighted by molar-refractivity contribution is 5.64. The first-order chi connectivity index (χ1) is 9.35. The summed E-state index contributed by atoms with van der Waals surface area (Å²) in [5, 5.41) is 0. The van der Waals surface area contributed by atoms with Crippen LogP contribution in [0.4, 0.5) is 0 Å². The Morgan fingerprint density at radius 1 is 1.00 bits per heavy atom. The van der Waals surface area contributed by atoms with Crippen LogP contribution >= 0.6 is 0 Å². The number of benzene rings is 2. The Balaban J connectivity index is 1.70. The van der Waals surface area contributed by atoms with E-state index < -0.39 is 0 Å². The second-order valence-corrected chi connectivity index (χ2v) is 4.93. The molecule has 19 heavy (non-hydrogen) atoms. The molecular weight excluding hydrogens is 232 g/mol. The van der Waals surface area contributed by atoms with Gasteiger partial charge < -0.3 is 4.74 Å². The quantitative estimate of drug-likeness (QED) is 0.787. The van der Waals surface area contributed by atoms with Crippen molar-refractivity contribution in [2.24, 2.45) is 0 Å². The molecule has 3 rings (SSSR count). The van der Waals surface area contributed by atoms with Gasteiger partial charge in [0.05, 0.1) is 6.61 Å². The van der Waals surface area contributed by atoms with Crippen molar-refractivity contribution < 1.29 is 4.74 Å². The van der Waals surface area contributed by atoms with Crippen molar-refractivity contribution in [3.63, 3.8) is 0 Å². The summed E-state index contributed by atoms with van der Waals surface area (Å²) < 4.78 is 5.47. The van der Waals surface area contributed by atoms with Crippen LogP contribution in [0.15, 0.2) is 54.1 Å². The Labute approximate surface area is 114 Å². The molecule has 0 bridgehead atoms. The van der Waals surface area contributed by atoms with E-state index >= 15 is 0 Å². The fourth-order valence-corrected chi connectivity index (χ4v) is 2.60. The second kappa shape index (κ2) is 5.31. The lowest BCUT2D eigenvalue weighted by Crippen LogP contribution is -1.93. The summed E-state index contributed by atoms with van der Waals surface area (Å²) in [6.45, 7) is 2.73. The molecule has 0 radical (unpaired) electrons. The van der Waals surface area contributed by atoms with Gasteiger partial charge in [-0.25, -0.2) is 0 Å². The van der Waals surface area contributed by atoms with Gasteiger partial charge in [-0.3, -0.25) is 0 Å². The normalized spacial score (nSPS) is 13.0. The summed E-state index contributed by atoms with van der Waals surface area (Å²) in [5.41, 5.74) is 5.67. The molecule has 0 amide bonds. The highest BCUT2D eigenvalue weighted by Gasteiger charge is 2.11. The molecule has 1 aliphatic carbocycles. The molecule has 2 aromatic rings. The number of hydrogen-bond acceptors (Lipinski definition) is 1.